The van der Waals surface area contributed by atoms with Crippen LogP contribution in [0.4, 0.5) is 5.13 Å². The van der Waals surface area contributed by atoms with Crippen LogP contribution in [0.1, 0.15) is 19.0 Å². The maximum atomic E-state index is 12.8. The van der Waals surface area contributed by atoms with Crippen molar-refractivity contribution in [3.8, 4) is 11.5 Å². The van der Waals surface area contributed by atoms with Gasteiger partial charge >= 0.3 is 5.97 Å². The Morgan fingerprint density at radius 2 is 1.94 bits per heavy atom. The molecule has 2 aromatic heterocycles. The molecule has 1 amide bonds. The summed E-state index contributed by atoms with van der Waals surface area (Å²) in [5.74, 6) is 0.219. The van der Waals surface area contributed by atoms with Crippen molar-refractivity contribution in [2.75, 3.05) is 26.1 Å². The molecule has 11 heteroatoms. The zero-order valence-electron chi connectivity index (χ0n) is 17.3. The molecule has 0 atom stereocenters. The molecule has 2 heterocycles. The van der Waals surface area contributed by atoms with Crippen molar-refractivity contribution in [1.82, 2.24) is 14.5 Å². The Morgan fingerprint density at radius 3 is 2.65 bits per heavy atom. The SMILES string of the molecule is CCOC(=O)Cc1csc(NC(=O)CCn2cnc3cc(OC)c(OC)cc3c2=O)n1. The summed E-state index contributed by atoms with van der Waals surface area (Å²) < 4.78 is 16.7. The van der Waals surface area contributed by atoms with Crippen LogP contribution in [0.25, 0.3) is 10.9 Å². The normalized spacial score (nSPS) is 10.7. The zero-order chi connectivity index (χ0) is 22.4. The Bertz CT molecular complexity index is 1160. The monoisotopic (exact) mass is 446 g/mol. The van der Waals surface area contributed by atoms with Gasteiger partial charge in [0.2, 0.25) is 5.91 Å². The summed E-state index contributed by atoms with van der Waals surface area (Å²) in [6.45, 7) is 2.17. The van der Waals surface area contributed by atoms with E-state index in [-0.39, 0.29) is 36.8 Å². The summed E-state index contributed by atoms with van der Waals surface area (Å²) in [4.78, 5) is 45.0. The summed E-state index contributed by atoms with van der Waals surface area (Å²) in [6.07, 6.45) is 1.49. The number of anilines is 1. The first kappa shape index (κ1) is 22.2. The highest BCUT2D eigenvalue weighted by molar-refractivity contribution is 7.13. The average molecular weight is 446 g/mol. The van der Waals surface area contributed by atoms with Crippen molar-refractivity contribution in [3.63, 3.8) is 0 Å². The largest absolute Gasteiger partial charge is 0.493 e. The summed E-state index contributed by atoms with van der Waals surface area (Å²) in [5, 5.41) is 5.10. The van der Waals surface area contributed by atoms with Gasteiger partial charge in [0.25, 0.3) is 5.56 Å². The summed E-state index contributed by atoms with van der Waals surface area (Å²) in [6, 6.07) is 3.20. The second kappa shape index (κ2) is 10.0. The number of benzene rings is 1. The van der Waals surface area contributed by atoms with E-state index in [1.165, 1.54) is 36.5 Å². The highest BCUT2D eigenvalue weighted by atomic mass is 32.1. The van der Waals surface area contributed by atoms with Crippen LogP contribution in [-0.2, 0) is 27.3 Å². The number of thiazole rings is 1. The van der Waals surface area contributed by atoms with Crippen molar-refractivity contribution in [3.05, 3.63) is 39.9 Å². The molecule has 0 unspecified atom stereocenters. The van der Waals surface area contributed by atoms with Gasteiger partial charge in [-0.2, -0.15) is 0 Å². The van der Waals surface area contributed by atoms with Crippen molar-refractivity contribution in [2.45, 2.75) is 26.3 Å². The van der Waals surface area contributed by atoms with E-state index in [4.69, 9.17) is 14.2 Å². The summed E-state index contributed by atoms with van der Waals surface area (Å²) >= 11 is 1.21. The van der Waals surface area contributed by atoms with Crippen LogP contribution in [-0.4, -0.2) is 47.2 Å². The molecule has 0 spiro atoms. The lowest BCUT2D eigenvalue weighted by molar-refractivity contribution is -0.142. The predicted octanol–water partition coefficient (Wildman–Crippen LogP) is 2.00. The lowest BCUT2D eigenvalue weighted by atomic mass is 10.2. The molecule has 1 N–H and O–H groups in total. The topological polar surface area (TPSA) is 122 Å². The number of carbonyl (C=O) groups is 2. The fraction of sp³-hybridized carbons (Fsp3) is 0.350. The van der Waals surface area contributed by atoms with E-state index in [0.29, 0.717) is 39.8 Å². The zero-order valence-corrected chi connectivity index (χ0v) is 18.2. The summed E-state index contributed by atoms with van der Waals surface area (Å²) in [5.41, 5.74) is 0.711. The number of methoxy groups -OCH3 is 2. The molecule has 1 aromatic carbocycles. The van der Waals surface area contributed by atoms with Gasteiger partial charge in [-0.25, -0.2) is 9.97 Å². The molecule has 3 aromatic rings. The van der Waals surface area contributed by atoms with Crippen molar-refractivity contribution >= 4 is 39.2 Å². The second-order valence-electron chi connectivity index (χ2n) is 6.39. The Labute approximate surface area is 181 Å². The smallest absolute Gasteiger partial charge is 0.311 e. The van der Waals surface area contributed by atoms with Gasteiger partial charge in [0.05, 0.1) is 50.2 Å². The summed E-state index contributed by atoms with van der Waals surface area (Å²) in [7, 11) is 2.99. The third-order valence-electron chi connectivity index (χ3n) is 4.34. The van der Waals surface area contributed by atoms with Crippen LogP contribution < -0.4 is 20.3 Å². The van der Waals surface area contributed by atoms with Gasteiger partial charge in [-0.3, -0.25) is 19.0 Å². The third kappa shape index (κ3) is 5.37. The molecule has 0 aliphatic heterocycles. The van der Waals surface area contributed by atoms with E-state index in [9.17, 15) is 14.4 Å². The number of ether oxygens (including phenoxy) is 3. The highest BCUT2D eigenvalue weighted by Gasteiger charge is 2.13. The van der Waals surface area contributed by atoms with Gasteiger partial charge in [0.1, 0.15) is 0 Å². The number of hydrogen-bond donors (Lipinski definition) is 1. The molecule has 0 fully saturated rings. The van der Waals surface area contributed by atoms with Gasteiger partial charge < -0.3 is 19.5 Å². The molecule has 0 aliphatic carbocycles. The van der Waals surface area contributed by atoms with Crippen LogP contribution in [0.5, 0.6) is 11.5 Å². The molecular formula is C20H22N4O6S. The quantitative estimate of drug-likeness (QED) is 0.496. The third-order valence-corrected chi connectivity index (χ3v) is 5.14. The fourth-order valence-electron chi connectivity index (χ4n) is 2.85. The molecule has 164 valence electrons. The van der Waals surface area contributed by atoms with Gasteiger partial charge in [-0.15, -0.1) is 11.3 Å². The van der Waals surface area contributed by atoms with E-state index < -0.39 is 0 Å². The molecule has 0 radical (unpaired) electrons. The van der Waals surface area contributed by atoms with Crippen LogP contribution in [0.15, 0.2) is 28.6 Å². The Balaban J connectivity index is 1.65. The van der Waals surface area contributed by atoms with Crippen LogP contribution in [0.2, 0.25) is 0 Å². The number of carbonyl (C=O) groups excluding carboxylic acids is 2. The van der Waals surface area contributed by atoms with E-state index in [2.05, 4.69) is 15.3 Å². The Hall–Kier alpha value is -3.47. The molecule has 0 saturated carbocycles. The fourth-order valence-corrected chi connectivity index (χ4v) is 3.58. The van der Waals surface area contributed by atoms with E-state index in [0.717, 1.165) is 0 Å². The van der Waals surface area contributed by atoms with Gasteiger partial charge in [-0.1, -0.05) is 0 Å². The lowest BCUT2D eigenvalue weighted by Crippen LogP contribution is -2.23. The molecular weight excluding hydrogens is 424 g/mol. The highest BCUT2D eigenvalue weighted by Crippen LogP contribution is 2.29. The number of aromatic nitrogens is 3. The van der Waals surface area contributed by atoms with E-state index in [1.807, 2.05) is 0 Å². The standard InChI is InChI=1S/C20H22N4O6S/c1-4-30-18(26)7-12-10-31-20(22-12)23-17(25)5-6-24-11-21-14-9-16(29-3)15(28-2)8-13(14)19(24)27/h8-11H,4-7H2,1-3H3,(H,22,23,25). The first-order valence-corrected chi connectivity index (χ1v) is 10.3. The number of nitrogens with zero attached hydrogens (tertiary/aromatic N) is 3. The Kier molecular flexibility index (Phi) is 7.19. The van der Waals surface area contributed by atoms with Crippen molar-refractivity contribution < 1.29 is 23.8 Å². The van der Waals surface area contributed by atoms with E-state index in [1.54, 1.807) is 24.4 Å². The van der Waals surface area contributed by atoms with Gasteiger partial charge in [0.15, 0.2) is 16.6 Å². The number of nitrogens with one attached hydrogen (secondary N) is 1. The molecule has 3 rings (SSSR count). The van der Waals surface area contributed by atoms with Crippen molar-refractivity contribution in [1.29, 1.82) is 0 Å². The molecule has 0 aliphatic rings. The van der Waals surface area contributed by atoms with Crippen LogP contribution in [0, 0.1) is 0 Å². The first-order valence-electron chi connectivity index (χ1n) is 9.46. The van der Waals surface area contributed by atoms with E-state index >= 15 is 0 Å². The molecule has 0 saturated heterocycles. The minimum Gasteiger partial charge on any atom is -0.493 e. The number of rotatable bonds is 9. The lowest BCUT2D eigenvalue weighted by Gasteiger charge is -2.10. The number of hydrogen-bond acceptors (Lipinski definition) is 9. The maximum Gasteiger partial charge on any atom is 0.311 e. The van der Waals surface area contributed by atoms with Gasteiger partial charge in [-0.05, 0) is 13.0 Å². The number of fused-ring (bicyclic) bond motifs is 1. The first-order chi connectivity index (χ1) is 14.9. The minimum atomic E-state index is -0.372. The number of aryl methyl sites for hydroxylation is 1. The maximum absolute atomic E-state index is 12.8. The van der Waals surface area contributed by atoms with Crippen LogP contribution >= 0.6 is 11.3 Å². The number of esters is 1. The molecule has 10 nitrogen and oxygen atoms in total. The Morgan fingerprint density at radius 1 is 1.19 bits per heavy atom. The average Bonchev–Trinajstić information content (AvgIpc) is 3.18. The predicted molar refractivity (Wildman–Crippen MR) is 115 cm³/mol. The molecule has 31 heavy (non-hydrogen) atoms. The van der Waals surface area contributed by atoms with Crippen molar-refractivity contribution in [2.24, 2.45) is 0 Å². The molecule has 0 bridgehead atoms. The second-order valence-corrected chi connectivity index (χ2v) is 7.25. The minimum absolute atomic E-state index is 0.0482. The number of amides is 1. The van der Waals surface area contributed by atoms with Crippen LogP contribution in [0.3, 0.4) is 0 Å². The van der Waals surface area contributed by atoms with Gasteiger partial charge in [0, 0.05) is 24.4 Å².